The predicted octanol–water partition coefficient (Wildman–Crippen LogP) is 3.37. The molecule has 4 rings (SSSR count). The second-order valence-corrected chi connectivity index (χ2v) is 7.48. The summed E-state index contributed by atoms with van der Waals surface area (Å²) in [6, 6.07) is 8.78. The number of imide groups is 1. The smallest absolute Gasteiger partial charge is 0.870 e. The molecule has 0 bridgehead atoms. The Morgan fingerprint density at radius 1 is 1.03 bits per heavy atom. The molecule has 1 heterocycles. The molecule has 1 unspecified atom stereocenters. The minimum Gasteiger partial charge on any atom is -0.870 e. The molecule has 0 N–H and O–H groups in total. The van der Waals surface area contributed by atoms with E-state index in [1.54, 1.807) is 12.1 Å². The van der Waals surface area contributed by atoms with Crippen molar-refractivity contribution in [1.29, 1.82) is 0 Å². The van der Waals surface area contributed by atoms with Crippen LogP contribution in [0.2, 0.25) is 5.02 Å². The van der Waals surface area contributed by atoms with E-state index in [2.05, 4.69) is 10.2 Å². The van der Waals surface area contributed by atoms with E-state index in [1.165, 1.54) is 31.4 Å². The number of amides is 2. The van der Waals surface area contributed by atoms with Crippen molar-refractivity contribution in [3.8, 4) is 0 Å². The largest absolute Gasteiger partial charge is 2.00 e. The number of methoxy groups -OCH3 is 1. The van der Waals surface area contributed by atoms with Crippen LogP contribution in [0.25, 0.3) is 5.76 Å². The van der Waals surface area contributed by atoms with Crippen LogP contribution in [-0.2, 0) is 21.8 Å². The molecule has 1 atom stereocenters. The van der Waals surface area contributed by atoms with E-state index in [-0.39, 0.29) is 62.3 Å². The molecule has 2 amide bonds. The van der Waals surface area contributed by atoms with Crippen molar-refractivity contribution in [2.45, 2.75) is 19.4 Å². The van der Waals surface area contributed by atoms with Gasteiger partial charge in [0.15, 0.2) is 0 Å². The summed E-state index contributed by atoms with van der Waals surface area (Å²) < 4.78 is 5.13. The number of ether oxygens (including phenoxy) is 1. The number of hydrogen-bond acceptors (Lipinski definition) is 7. The molecular formula is C22H17ClCuN3O5+. The number of carbonyl (C=O) groups is 3. The molecular weight excluding hydrogens is 485 g/mol. The van der Waals surface area contributed by atoms with Crippen molar-refractivity contribution in [3.05, 3.63) is 69.4 Å². The van der Waals surface area contributed by atoms with Crippen LogP contribution in [0, 0.1) is 0 Å². The van der Waals surface area contributed by atoms with Gasteiger partial charge in [-0.05, 0) is 24.1 Å². The molecule has 1 aliphatic carbocycles. The van der Waals surface area contributed by atoms with Crippen LogP contribution >= 0.6 is 11.6 Å². The molecule has 1 radical (unpaired) electrons. The Morgan fingerprint density at radius 3 is 2.34 bits per heavy atom. The Bertz CT molecular complexity index is 1190. The Labute approximate surface area is 199 Å². The van der Waals surface area contributed by atoms with Crippen molar-refractivity contribution < 1.29 is 41.3 Å². The SMILES string of the molecule is CCC(COC)N1C(=O)c2ccc(Cl)c(N=NC3=C([O-])c4ccccc4C3=O)c2C1=O.[Cu+2]. The minimum absolute atomic E-state index is 0. The molecule has 2 aliphatic rings. The number of carbonyl (C=O) groups excluding carboxylic acids is 3. The van der Waals surface area contributed by atoms with E-state index in [0.29, 0.717) is 6.42 Å². The van der Waals surface area contributed by atoms with E-state index < -0.39 is 29.4 Å². The van der Waals surface area contributed by atoms with Gasteiger partial charge in [0.05, 0.1) is 28.8 Å². The topological polar surface area (TPSA) is 111 Å². The van der Waals surface area contributed by atoms with Crippen LogP contribution in [0.5, 0.6) is 0 Å². The average molecular weight is 502 g/mol. The molecule has 167 valence electrons. The summed E-state index contributed by atoms with van der Waals surface area (Å²) >= 11 is 6.25. The van der Waals surface area contributed by atoms with E-state index in [0.717, 1.165) is 4.90 Å². The number of Topliss-reactive ketones (excluding diaryl/α,β-unsaturated/α-hetero) is 1. The Balaban J connectivity index is 0.00000289. The number of fused-ring (bicyclic) bond motifs is 2. The maximum Gasteiger partial charge on any atom is 2.00 e. The number of hydrogen-bond donors (Lipinski definition) is 0. The normalized spacial score (nSPS) is 16.0. The number of nitrogens with zero attached hydrogens (tertiary/aromatic N) is 3. The van der Waals surface area contributed by atoms with Crippen molar-refractivity contribution in [3.63, 3.8) is 0 Å². The molecule has 2 aromatic rings. The molecule has 8 nitrogen and oxygen atoms in total. The molecule has 2 aromatic carbocycles. The standard InChI is InChI=1S/C22H18ClN3O5.Cu/c1-3-11(10-31-2)26-21(29)14-8-9-15(23)17(16(14)22(26)30)24-25-18-19(27)12-6-4-5-7-13(12)20(18)28;/h4-9,11,27H,3,10H2,1-2H3;/q;+2/p-1. The van der Waals surface area contributed by atoms with E-state index in [1.807, 2.05) is 6.92 Å². The van der Waals surface area contributed by atoms with Gasteiger partial charge in [-0.1, -0.05) is 48.5 Å². The van der Waals surface area contributed by atoms with E-state index >= 15 is 0 Å². The number of rotatable bonds is 6. The maximum atomic E-state index is 13.1. The first-order valence-electron chi connectivity index (χ1n) is 9.57. The van der Waals surface area contributed by atoms with Gasteiger partial charge in [-0.2, -0.15) is 0 Å². The van der Waals surface area contributed by atoms with E-state index in [9.17, 15) is 19.5 Å². The number of halogens is 1. The second-order valence-electron chi connectivity index (χ2n) is 7.07. The second kappa shape index (κ2) is 9.34. The number of ketones is 1. The van der Waals surface area contributed by atoms with Gasteiger partial charge in [0.25, 0.3) is 11.8 Å². The molecule has 0 aromatic heterocycles. The van der Waals surface area contributed by atoms with Gasteiger partial charge in [-0.15, -0.1) is 10.2 Å². The Kier molecular flexibility index (Phi) is 6.95. The quantitative estimate of drug-likeness (QED) is 0.342. The number of allylic oxidation sites excluding steroid dienone is 1. The van der Waals surface area contributed by atoms with Gasteiger partial charge in [-0.3, -0.25) is 19.3 Å². The molecule has 10 heteroatoms. The number of benzene rings is 2. The summed E-state index contributed by atoms with van der Waals surface area (Å²) in [6.07, 6.45) is 0.503. The third-order valence-electron chi connectivity index (χ3n) is 5.30. The van der Waals surface area contributed by atoms with E-state index in [4.69, 9.17) is 16.3 Å². The third-order valence-corrected chi connectivity index (χ3v) is 5.61. The monoisotopic (exact) mass is 501 g/mol. The molecule has 0 saturated carbocycles. The van der Waals surface area contributed by atoms with Gasteiger partial charge in [-0.25, -0.2) is 0 Å². The Hall–Kier alpha value is -2.84. The zero-order valence-electron chi connectivity index (χ0n) is 17.0. The molecule has 0 spiro atoms. The maximum absolute atomic E-state index is 13.1. The van der Waals surface area contributed by atoms with Crippen molar-refractivity contribution in [2.75, 3.05) is 13.7 Å². The molecule has 0 saturated heterocycles. The Morgan fingerprint density at radius 2 is 1.72 bits per heavy atom. The number of azo groups is 1. The summed E-state index contributed by atoms with van der Waals surface area (Å²) in [4.78, 5) is 39.6. The summed E-state index contributed by atoms with van der Waals surface area (Å²) in [6.45, 7) is 2.03. The zero-order chi connectivity index (χ0) is 22.3. The van der Waals surface area contributed by atoms with Gasteiger partial charge < -0.3 is 9.84 Å². The average Bonchev–Trinajstić information content (AvgIpc) is 3.16. The third kappa shape index (κ3) is 3.67. The molecule has 1 aliphatic heterocycles. The zero-order valence-corrected chi connectivity index (χ0v) is 18.7. The minimum atomic E-state index is -0.572. The first-order chi connectivity index (χ1) is 14.9. The van der Waals surface area contributed by atoms with Crippen LogP contribution < -0.4 is 5.11 Å². The predicted molar refractivity (Wildman–Crippen MR) is 110 cm³/mol. The fourth-order valence-electron chi connectivity index (χ4n) is 3.73. The van der Waals surface area contributed by atoms with Gasteiger partial charge in [0.2, 0.25) is 5.78 Å². The van der Waals surface area contributed by atoms with Crippen LogP contribution in [-0.4, -0.2) is 42.3 Å². The van der Waals surface area contributed by atoms with Crippen LogP contribution in [0.15, 0.2) is 52.3 Å². The fraction of sp³-hybridized carbons (Fsp3) is 0.227. The van der Waals surface area contributed by atoms with Crippen LogP contribution in [0.4, 0.5) is 5.69 Å². The van der Waals surface area contributed by atoms with Crippen molar-refractivity contribution in [1.82, 2.24) is 4.90 Å². The van der Waals surface area contributed by atoms with Crippen LogP contribution in [0.3, 0.4) is 0 Å². The van der Waals surface area contributed by atoms with Crippen molar-refractivity contribution in [2.24, 2.45) is 10.2 Å². The fourth-order valence-corrected chi connectivity index (χ4v) is 3.92. The van der Waals surface area contributed by atoms with Crippen LogP contribution in [0.1, 0.15) is 50.0 Å². The van der Waals surface area contributed by atoms with Gasteiger partial charge in [0.1, 0.15) is 11.4 Å². The molecule has 0 fully saturated rings. The van der Waals surface area contributed by atoms with Gasteiger partial charge in [0, 0.05) is 12.7 Å². The molecule has 32 heavy (non-hydrogen) atoms. The van der Waals surface area contributed by atoms with Gasteiger partial charge >= 0.3 is 17.1 Å². The van der Waals surface area contributed by atoms with Crippen molar-refractivity contribution >= 4 is 40.6 Å². The summed E-state index contributed by atoms with van der Waals surface area (Å²) in [7, 11) is 1.49. The first-order valence-corrected chi connectivity index (χ1v) is 9.94. The summed E-state index contributed by atoms with van der Waals surface area (Å²) in [5.74, 6) is -2.16. The summed E-state index contributed by atoms with van der Waals surface area (Å²) in [5.41, 5.74) is 0.190. The first kappa shape index (κ1) is 23.8. The summed E-state index contributed by atoms with van der Waals surface area (Å²) in [5, 5.41) is 20.4.